The Bertz CT molecular complexity index is 739. The minimum atomic E-state index is -0.678. The molecule has 36 heavy (non-hydrogen) atoms. The van der Waals surface area contributed by atoms with Crippen molar-refractivity contribution in [3.8, 4) is 0 Å². The Morgan fingerprint density at radius 1 is 0.694 bits per heavy atom. The van der Waals surface area contributed by atoms with E-state index in [9.17, 15) is 20.2 Å². The van der Waals surface area contributed by atoms with Crippen molar-refractivity contribution in [3.05, 3.63) is 38.4 Å². The molecule has 14 heteroatoms. The molecular weight excluding hydrogens is 480 g/mol. The summed E-state index contributed by atoms with van der Waals surface area (Å²) in [6.45, 7) is 6.86. The Kier molecular flexibility index (Phi) is 18.2. The first-order valence-electron chi connectivity index (χ1n) is 11.7. The zero-order chi connectivity index (χ0) is 26.4. The van der Waals surface area contributed by atoms with E-state index in [0.717, 1.165) is 12.6 Å². The van der Waals surface area contributed by atoms with Gasteiger partial charge in [0.25, 0.3) is 11.4 Å². The lowest BCUT2D eigenvalue weighted by molar-refractivity contribution is -0.393. The molecule has 0 saturated heterocycles. The largest absolute Gasteiger partial charge is 0.378 e. The lowest BCUT2D eigenvalue weighted by Gasteiger charge is -2.10. The first kappa shape index (κ1) is 31.6. The van der Waals surface area contributed by atoms with E-state index in [0.29, 0.717) is 85.8 Å². The van der Waals surface area contributed by atoms with Gasteiger partial charge in [-0.1, -0.05) is 0 Å². The molecule has 0 bridgehead atoms. The van der Waals surface area contributed by atoms with Crippen molar-refractivity contribution < 1.29 is 38.3 Å². The molecule has 0 aliphatic carbocycles. The normalized spacial score (nSPS) is 11.2. The Hall–Kier alpha value is -2.46. The predicted molar refractivity (Wildman–Crippen MR) is 132 cm³/mol. The lowest BCUT2D eigenvalue weighted by Crippen LogP contribution is -2.19. The first-order valence-corrected chi connectivity index (χ1v) is 11.7. The molecule has 206 valence electrons. The van der Waals surface area contributed by atoms with Crippen molar-refractivity contribution in [2.45, 2.75) is 0 Å². The molecule has 0 spiro atoms. The maximum absolute atomic E-state index is 11.1. The van der Waals surface area contributed by atoms with Crippen LogP contribution in [-0.4, -0.2) is 121 Å². The third-order valence-electron chi connectivity index (χ3n) is 4.49. The van der Waals surface area contributed by atoms with Gasteiger partial charge in [0.05, 0.1) is 95.2 Å². The standard InChI is InChI=1S/C22H38N4O10/c1-24(2)6-8-32-10-12-34-14-16-36-18-17-35-15-13-33-11-9-31-7-5-23-21-4-3-20(25(27)28)19-22(21)26(29)30/h3-4,19,23H,5-18H2,1-2H3. The monoisotopic (exact) mass is 518 g/mol. The number of nitrogens with zero attached hydrogens (tertiary/aromatic N) is 3. The van der Waals surface area contributed by atoms with Gasteiger partial charge in [0.15, 0.2) is 0 Å². The Morgan fingerprint density at radius 3 is 1.56 bits per heavy atom. The van der Waals surface area contributed by atoms with E-state index in [1.807, 2.05) is 14.1 Å². The maximum atomic E-state index is 11.1. The fourth-order valence-corrected chi connectivity index (χ4v) is 2.64. The molecule has 0 atom stereocenters. The fraction of sp³-hybridized carbons (Fsp3) is 0.727. The van der Waals surface area contributed by atoms with Gasteiger partial charge in [0.2, 0.25) is 0 Å². The van der Waals surface area contributed by atoms with Crippen LogP contribution in [0.15, 0.2) is 18.2 Å². The van der Waals surface area contributed by atoms with E-state index in [-0.39, 0.29) is 17.1 Å². The summed E-state index contributed by atoms with van der Waals surface area (Å²) >= 11 is 0. The van der Waals surface area contributed by atoms with Crippen LogP contribution in [0, 0.1) is 20.2 Å². The summed E-state index contributed by atoms with van der Waals surface area (Å²) in [6.07, 6.45) is 0. The molecule has 1 N–H and O–H groups in total. The molecule has 0 aromatic heterocycles. The molecule has 14 nitrogen and oxygen atoms in total. The van der Waals surface area contributed by atoms with Crippen LogP contribution in [0.2, 0.25) is 0 Å². The summed E-state index contributed by atoms with van der Waals surface area (Å²) in [4.78, 5) is 22.6. The van der Waals surface area contributed by atoms with Gasteiger partial charge in [-0.25, -0.2) is 0 Å². The molecule has 0 radical (unpaired) electrons. The number of nitro benzene ring substituents is 2. The van der Waals surface area contributed by atoms with Crippen molar-refractivity contribution in [2.75, 3.05) is 112 Å². The number of likely N-dealkylation sites (N-methyl/N-ethyl adjacent to an activating group) is 1. The van der Waals surface area contributed by atoms with Crippen LogP contribution in [0.4, 0.5) is 17.1 Å². The van der Waals surface area contributed by atoms with Crippen molar-refractivity contribution >= 4 is 17.1 Å². The van der Waals surface area contributed by atoms with Gasteiger partial charge in [-0.3, -0.25) is 20.2 Å². The minimum Gasteiger partial charge on any atom is -0.378 e. The SMILES string of the molecule is CN(C)CCOCCOCCOCCOCCOCCOCCNc1ccc([N+](=O)[O-])cc1[N+](=O)[O-]. The molecule has 0 saturated carbocycles. The first-order chi connectivity index (χ1) is 17.4. The van der Waals surface area contributed by atoms with Gasteiger partial charge >= 0.3 is 0 Å². The molecule has 1 rings (SSSR count). The second kappa shape index (κ2) is 20.7. The number of hydrogen-bond donors (Lipinski definition) is 1. The number of nitro groups is 2. The van der Waals surface area contributed by atoms with Gasteiger partial charge < -0.3 is 38.6 Å². The number of non-ortho nitro benzene ring substituents is 1. The molecule has 0 aliphatic rings. The number of hydrogen-bond acceptors (Lipinski definition) is 12. The summed E-state index contributed by atoms with van der Waals surface area (Å²) in [7, 11) is 4.00. The van der Waals surface area contributed by atoms with Crippen molar-refractivity contribution in [1.29, 1.82) is 0 Å². The van der Waals surface area contributed by atoms with Gasteiger partial charge in [-0.2, -0.15) is 0 Å². The van der Waals surface area contributed by atoms with Crippen LogP contribution in [0.1, 0.15) is 0 Å². The third kappa shape index (κ3) is 16.3. The number of anilines is 1. The maximum Gasteiger partial charge on any atom is 0.299 e. The van der Waals surface area contributed by atoms with E-state index in [2.05, 4.69) is 10.2 Å². The summed E-state index contributed by atoms with van der Waals surface area (Å²) in [5, 5.41) is 24.7. The van der Waals surface area contributed by atoms with E-state index in [1.54, 1.807) is 0 Å². The number of benzene rings is 1. The number of rotatable bonds is 24. The number of ether oxygens (including phenoxy) is 6. The van der Waals surface area contributed by atoms with Crippen LogP contribution in [0.5, 0.6) is 0 Å². The zero-order valence-electron chi connectivity index (χ0n) is 21.1. The minimum absolute atomic E-state index is 0.194. The Labute approximate surface area is 211 Å². The van der Waals surface area contributed by atoms with Crippen LogP contribution < -0.4 is 5.32 Å². The highest BCUT2D eigenvalue weighted by atomic mass is 16.6. The van der Waals surface area contributed by atoms with E-state index in [4.69, 9.17) is 28.4 Å². The molecule has 1 aromatic carbocycles. The van der Waals surface area contributed by atoms with Gasteiger partial charge in [0, 0.05) is 19.2 Å². The number of nitrogens with one attached hydrogen (secondary N) is 1. The molecule has 0 aliphatic heterocycles. The average molecular weight is 519 g/mol. The molecule has 0 heterocycles. The zero-order valence-corrected chi connectivity index (χ0v) is 21.1. The van der Waals surface area contributed by atoms with E-state index in [1.165, 1.54) is 12.1 Å². The molecule has 0 fully saturated rings. The highest BCUT2D eigenvalue weighted by molar-refractivity contribution is 5.65. The molecule has 0 unspecified atom stereocenters. The Morgan fingerprint density at radius 2 is 1.14 bits per heavy atom. The van der Waals surface area contributed by atoms with E-state index < -0.39 is 9.85 Å². The molecule has 0 amide bonds. The molecular formula is C22H38N4O10. The van der Waals surface area contributed by atoms with Crippen molar-refractivity contribution in [1.82, 2.24) is 4.90 Å². The molecule has 1 aromatic rings. The summed E-state index contributed by atoms with van der Waals surface area (Å²) in [6, 6.07) is 3.44. The van der Waals surface area contributed by atoms with Crippen molar-refractivity contribution in [2.24, 2.45) is 0 Å². The summed E-state index contributed by atoms with van der Waals surface area (Å²) in [5.41, 5.74) is -0.502. The van der Waals surface area contributed by atoms with E-state index >= 15 is 0 Å². The van der Waals surface area contributed by atoms with Crippen LogP contribution >= 0.6 is 0 Å². The van der Waals surface area contributed by atoms with Gasteiger partial charge in [-0.15, -0.1) is 0 Å². The second-order valence-corrected chi connectivity index (χ2v) is 7.62. The average Bonchev–Trinajstić information content (AvgIpc) is 2.84. The van der Waals surface area contributed by atoms with Crippen LogP contribution in [0.3, 0.4) is 0 Å². The summed E-state index contributed by atoms with van der Waals surface area (Å²) in [5.74, 6) is 0. The van der Waals surface area contributed by atoms with Crippen LogP contribution in [-0.2, 0) is 28.4 Å². The highest BCUT2D eigenvalue weighted by Crippen LogP contribution is 2.28. The third-order valence-corrected chi connectivity index (χ3v) is 4.49. The van der Waals surface area contributed by atoms with Crippen molar-refractivity contribution in [3.63, 3.8) is 0 Å². The van der Waals surface area contributed by atoms with Crippen LogP contribution in [0.25, 0.3) is 0 Å². The summed E-state index contributed by atoms with van der Waals surface area (Å²) < 4.78 is 32.4. The van der Waals surface area contributed by atoms with Gasteiger partial charge in [-0.05, 0) is 20.2 Å². The quantitative estimate of drug-likeness (QED) is 0.120. The topological polar surface area (TPSA) is 157 Å². The highest BCUT2D eigenvalue weighted by Gasteiger charge is 2.18. The smallest absolute Gasteiger partial charge is 0.299 e. The Balaban J connectivity index is 1.87. The lowest BCUT2D eigenvalue weighted by atomic mass is 10.2. The van der Waals surface area contributed by atoms with Gasteiger partial charge in [0.1, 0.15) is 5.69 Å². The fourth-order valence-electron chi connectivity index (χ4n) is 2.64. The second-order valence-electron chi connectivity index (χ2n) is 7.62. The predicted octanol–water partition coefficient (Wildman–Crippen LogP) is 1.58.